The molecule has 3 aromatic rings. The van der Waals surface area contributed by atoms with Crippen LogP contribution < -0.4 is 10.6 Å². The Morgan fingerprint density at radius 1 is 1.00 bits per heavy atom. The van der Waals surface area contributed by atoms with Crippen molar-refractivity contribution in [3.05, 3.63) is 65.9 Å². The Morgan fingerprint density at radius 3 is 2.45 bits per heavy atom. The van der Waals surface area contributed by atoms with E-state index in [-0.39, 0.29) is 11.8 Å². The standard InChI is InChI=1S/C24H25N3O4/c1-16-6-2-4-8-19(16)26-23(29)22(28)25-15-17-10-12-27(13-11-17)24(30)21-14-18-7-3-5-9-20(18)31-21/h2-9,14,17H,10-13,15H2,1H3,(H,25,28)(H,26,29). The quantitative estimate of drug-likeness (QED) is 0.635. The Bertz CT molecular complexity index is 1080. The van der Waals surface area contributed by atoms with E-state index in [4.69, 9.17) is 4.42 Å². The second-order valence-electron chi connectivity index (χ2n) is 7.86. The first-order chi connectivity index (χ1) is 15.0. The van der Waals surface area contributed by atoms with Gasteiger partial charge in [-0.2, -0.15) is 0 Å². The van der Waals surface area contributed by atoms with Crippen LogP contribution >= 0.6 is 0 Å². The minimum Gasteiger partial charge on any atom is -0.451 e. The SMILES string of the molecule is Cc1ccccc1NC(=O)C(=O)NCC1CCN(C(=O)c2cc3ccccc3o2)CC1. The average Bonchev–Trinajstić information content (AvgIpc) is 3.23. The van der Waals surface area contributed by atoms with E-state index in [0.717, 1.165) is 23.8 Å². The van der Waals surface area contributed by atoms with E-state index >= 15 is 0 Å². The van der Waals surface area contributed by atoms with E-state index in [1.54, 1.807) is 23.1 Å². The van der Waals surface area contributed by atoms with Gasteiger partial charge in [0.1, 0.15) is 5.58 Å². The monoisotopic (exact) mass is 419 g/mol. The molecule has 160 valence electrons. The first-order valence-corrected chi connectivity index (χ1v) is 10.4. The molecule has 7 nitrogen and oxygen atoms in total. The second-order valence-corrected chi connectivity index (χ2v) is 7.86. The van der Waals surface area contributed by atoms with Crippen LogP contribution in [0.25, 0.3) is 11.0 Å². The van der Waals surface area contributed by atoms with Crippen molar-refractivity contribution >= 4 is 34.4 Å². The van der Waals surface area contributed by atoms with Crippen LogP contribution in [0.2, 0.25) is 0 Å². The van der Waals surface area contributed by atoms with Gasteiger partial charge in [0.2, 0.25) is 0 Å². The van der Waals surface area contributed by atoms with Gasteiger partial charge >= 0.3 is 11.8 Å². The number of rotatable bonds is 4. The van der Waals surface area contributed by atoms with Crippen molar-refractivity contribution in [3.8, 4) is 0 Å². The molecule has 0 saturated carbocycles. The van der Waals surface area contributed by atoms with Crippen LogP contribution in [0, 0.1) is 12.8 Å². The Labute approximate surface area is 180 Å². The summed E-state index contributed by atoms with van der Waals surface area (Å²) >= 11 is 0. The molecule has 0 aliphatic carbocycles. The number of piperidine rings is 1. The van der Waals surface area contributed by atoms with Gasteiger partial charge in [-0.3, -0.25) is 14.4 Å². The predicted octanol–water partition coefficient (Wildman–Crippen LogP) is 3.35. The molecule has 1 saturated heterocycles. The van der Waals surface area contributed by atoms with Crippen molar-refractivity contribution in [2.24, 2.45) is 5.92 Å². The highest BCUT2D eigenvalue weighted by Gasteiger charge is 2.26. The number of carbonyl (C=O) groups is 3. The zero-order chi connectivity index (χ0) is 21.8. The summed E-state index contributed by atoms with van der Waals surface area (Å²) in [5.74, 6) is -0.872. The van der Waals surface area contributed by atoms with Crippen molar-refractivity contribution in [1.82, 2.24) is 10.2 Å². The Morgan fingerprint density at radius 2 is 1.71 bits per heavy atom. The van der Waals surface area contributed by atoms with Crippen LogP contribution in [-0.4, -0.2) is 42.3 Å². The Balaban J connectivity index is 1.24. The minimum atomic E-state index is -0.674. The highest BCUT2D eigenvalue weighted by Crippen LogP contribution is 2.23. The van der Waals surface area contributed by atoms with Gasteiger partial charge in [0, 0.05) is 30.7 Å². The maximum absolute atomic E-state index is 12.7. The van der Waals surface area contributed by atoms with Gasteiger partial charge < -0.3 is 20.0 Å². The lowest BCUT2D eigenvalue weighted by Gasteiger charge is -2.31. The van der Waals surface area contributed by atoms with Gasteiger partial charge in [0.25, 0.3) is 5.91 Å². The van der Waals surface area contributed by atoms with Gasteiger partial charge in [-0.25, -0.2) is 0 Å². The number of nitrogens with zero attached hydrogens (tertiary/aromatic N) is 1. The molecule has 2 N–H and O–H groups in total. The van der Waals surface area contributed by atoms with Crippen molar-refractivity contribution < 1.29 is 18.8 Å². The minimum absolute atomic E-state index is 0.115. The topological polar surface area (TPSA) is 91.7 Å². The fourth-order valence-electron chi connectivity index (χ4n) is 3.79. The van der Waals surface area contributed by atoms with Gasteiger partial charge in [-0.15, -0.1) is 0 Å². The van der Waals surface area contributed by atoms with Gasteiger partial charge in [0.15, 0.2) is 5.76 Å². The number of likely N-dealkylation sites (tertiary alicyclic amines) is 1. The summed E-state index contributed by atoms with van der Waals surface area (Å²) in [6.45, 7) is 3.46. The lowest BCUT2D eigenvalue weighted by molar-refractivity contribution is -0.136. The summed E-state index contributed by atoms with van der Waals surface area (Å²) in [6.07, 6.45) is 1.51. The molecule has 2 aromatic carbocycles. The number of hydrogen-bond acceptors (Lipinski definition) is 4. The van der Waals surface area contributed by atoms with Crippen molar-refractivity contribution in [3.63, 3.8) is 0 Å². The first kappa shape index (κ1) is 20.7. The summed E-state index contributed by atoms with van der Waals surface area (Å²) in [6, 6.07) is 16.6. The highest BCUT2D eigenvalue weighted by molar-refractivity contribution is 6.39. The maximum atomic E-state index is 12.7. The number of carbonyl (C=O) groups excluding carboxylic acids is 3. The molecule has 1 aromatic heterocycles. The molecule has 4 rings (SSSR count). The molecule has 2 heterocycles. The summed E-state index contributed by atoms with van der Waals surface area (Å²) in [5.41, 5.74) is 2.22. The maximum Gasteiger partial charge on any atom is 0.313 e. The number of benzene rings is 2. The third kappa shape index (κ3) is 4.77. The Hall–Kier alpha value is -3.61. The number of fused-ring (bicyclic) bond motifs is 1. The zero-order valence-electron chi connectivity index (χ0n) is 17.4. The third-order valence-corrected chi connectivity index (χ3v) is 5.69. The van der Waals surface area contributed by atoms with E-state index in [9.17, 15) is 14.4 Å². The molecule has 7 heteroatoms. The number of para-hydroxylation sites is 2. The largest absolute Gasteiger partial charge is 0.451 e. The predicted molar refractivity (Wildman–Crippen MR) is 118 cm³/mol. The summed E-state index contributed by atoms with van der Waals surface area (Å²) in [5, 5.41) is 6.26. The number of furan rings is 1. The fourth-order valence-corrected chi connectivity index (χ4v) is 3.79. The molecule has 31 heavy (non-hydrogen) atoms. The van der Waals surface area contributed by atoms with Gasteiger partial charge in [-0.1, -0.05) is 36.4 Å². The van der Waals surface area contributed by atoms with Gasteiger partial charge in [0.05, 0.1) is 0 Å². The lowest BCUT2D eigenvalue weighted by atomic mass is 9.96. The highest BCUT2D eigenvalue weighted by atomic mass is 16.3. The molecule has 1 aliphatic heterocycles. The molecule has 1 fully saturated rings. The van der Waals surface area contributed by atoms with E-state index < -0.39 is 11.8 Å². The fraction of sp³-hybridized carbons (Fsp3) is 0.292. The van der Waals surface area contributed by atoms with E-state index in [0.29, 0.717) is 36.7 Å². The number of hydrogen-bond donors (Lipinski definition) is 2. The third-order valence-electron chi connectivity index (χ3n) is 5.69. The Kier molecular flexibility index (Phi) is 6.02. The van der Waals surface area contributed by atoms with E-state index in [1.165, 1.54) is 0 Å². The molecule has 0 radical (unpaired) electrons. The van der Waals surface area contributed by atoms with Gasteiger partial charge in [-0.05, 0) is 49.4 Å². The summed E-state index contributed by atoms with van der Waals surface area (Å²) in [7, 11) is 0. The molecule has 0 spiro atoms. The number of amides is 3. The molecule has 1 aliphatic rings. The molecule has 0 unspecified atom stereocenters. The molecule has 3 amide bonds. The van der Waals surface area contributed by atoms with Crippen molar-refractivity contribution in [1.29, 1.82) is 0 Å². The van der Waals surface area contributed by atoms with E-state index in [1.807, 2.05) is 43.3 Å². The van der Waals surface area contributed by atoms with Crippen molar-refractivity contribution in [2.45, 2.75) is 19.8 Å². The second kappa shape index (κ2) is 9.04. The molecule has 0 atom stereocenters. The number of nitrogens with one attached hydrogen (secondary N) is 2. The number of anilines is 1. The van der Waals surface area contributed by atoms with Crippen LogP contribution in [0.15, 0.2) is 59.0 Å². The molecule has 0 bridgehead atoms. The van der Waals surface area contributed by atoms with Crippen LogP contribution in [0.1, 0.15) is 29.0 Å². The molecular weight excluding hydrogens is 394 g/mol. The summed E-state index contributed by atoms with van der Waals surface area (Å²) < 4.78 is 5.68. The van der Waals surface area contributed by atoms with Crippen molar-refractivity contribution in [2.75, 3.05) is 25.0 Å². The van der Waals surface area contributed by atoms with Crippen LogP contribution in [0.3, 0.4) is 0 Å². The van der Waals surface area contributed by atoms with E-state index in [2.05, 4.69) is 10.6 Å². The lowest BCUT2D eigenvalue weighted by Crippen LogP contribution is -2.43. The number of aryl methyl sites for hydroxylation is 1. The summed E-state index contributed by atoms with van der Waals surface area (Å²) in [4.78, 5) is 38.8. The van der Waals surface area contributed by atoms with Crippen LogP contribution in [-0.2, 0) is 9.59 Å². The van der Waals surface area contributed by atoms with Crippen LogP contribution in [0.4, 0.5) is 5.69 Å². The zero-order valence-corrected chi connectivity index (χ0v) is 17.4. The smallest absolute Gasteiger partial charge is 0.313 e. The molecular formula is C24H25N3O4. The first-order valence-electron chi connectivity index (χ1n) is 10.4. The average molecular weight is 419 g/mol. The normalized spacial score (nSPS) is 14.4. The van der Waals surface area contributed by atoms with Crippen LogP contribution in [0.5, 0.6) is 0 Å².